The largest absolute Gasteiger partial charge is 0.327 e. The molecule has 0 radical (unpaired) electrons. The predicted octanol–water partition coefficient (Wildman–Crippen LogP) is 2.28. The number of nitrogens with one attached hydrogen (secondary N) is 1. The average Bonchev–Trinajstić information content (AvgIpc) is 2.76. The molecule has 7 heteroatoms. The van der Waals surface area contributed by atoms with E-state index in [0.29, 0.717) is 16.6 Å². The zero-order valence-corrected chi connectivity index (χ0v) is 12.3. The zero-order chi connectivity index (χ0) is 13.6. The summed E-state index contributed by atoms with van der Waals surface area (Å²) in [6.45, 7) is 3.82. The second kappa shape index (κ2) is 4.66. The second-order valence-corrected chi connectivity index (χ2v) is 7.17. The molecular formula is C12H14N4OS2. The Morgan fingerprint density at radius 1 is 1.42 bits per heavy atom. The molecule has 100 valence electrons. The maximum absolute atomic E-state index is 12.2. The van der Waals surface area contributed by atoms with Gasteiger partial charge in [-0.3, -0.25) is 10.1 Å². The van der Waals surface area contributed by atoms with Gasteiger partial charge in [-0.1, -0.05) is 11.3 Å². The van der Waals surface area contributed by atoms with E-state index in [-0.39, 0.29) is 11.9 Å². The highest BCUT2D eigenvalue weighted by Crippen LogP contribution is 2.43. The molecule has 0 spiro atoms. The van der Waals surface area contributed by atoms with Gasteiger partial charge in [-0.25, -0.2) is 0 Å². The van der Waals surface area contributed by atoms with E-state index >= 15 is 0 Å². The van der Waals surface area contributed by atoms with E-state index in [1.807, 2.05) is 19.9 Å². The topological polar surface area (TPSA) is 80.9 Å². The molecule has 3 N–H and O–H groups in total. The van der Waals surface area contributed by atoms with Crippen molar-refractivity contribution < 1.29 is 4.79 Å². The normalized spacial score (nSPS) is 21.4. The van der Waals surface area contributed by atoms with E-state index in [2.05, 4.69) is 15.5 Å². The minimum absolute atomic E-state index is 0.120. The monoisotopic (exact) mass is 294 g/mol. The minimum atomic E-state index is -0.120. The lowest BCUT2D eigenvalue weighted by molar-refractivity contribution is 0.102. The molecule has 19 heavy (non-hydrogen) atoms. The molecule has 2 aromatic rings. The van der Waals surface area contributed by atoms with Crippen molar-refractivity contribution in [2.24, 2.45) is 5.73 Å². The van der Waals surface area contributed by atoms with Crippen LogP contribution in [0, 0.1) is 13.8 Å². The fourth-order valence-corrected chi connectivity index (χ4v) is 3.77. The fourth-order valence-electron chi connectivity index (χ4n) is 1.97. The number of nitrogens with two attached hydrogens (primary N) is 1. The first-order valence-corrected chi connectivity index (χ1v) is 7.65. The highest BCUT2D eigenvalue weighted by atomic mass is 32.1. The predicted molar refractivity (Wildman–Crippen MR) is 77.0 cm³/mol. The van der Waals surface area contributed by atoms with Crippen LogP contribution in [0.3, 0.4) is 0 Å². The molecular weight excluding hydrogens is 280 g/mol. The quantitative estimate of drug-likeness (QED) is 0.910. The summed E-state index contributed by atoms with van der Waals surface area (Å²) in [7, 11) is 0. The van der Waals surface area contributed by atoms with E-state index in [1.165, 1.54) is 16.2 Å². The van der Waals surface area contributed by atoms with Gasteiger partial charge in [0.1, 0.15) is 5.01 Å². The van der Waals surface area contributed by atoms with E-state index < -0.39 is 0 Å². The van der Waals surface area contributed by atoms with Gasteiger partial charge in [0.05, 0.1) is 5.56 Å². The number of nitrogens with zero attached hydrogens (tertiary/aromatic N) is 2. The molecule has 5 nitrogen and oxygen atoms in total. The molecule has 0 aromatic carbocycles. The molecule has 0 aliphatic heterocycles. The lowest BCUT2D eigenvalue weighted by Gasteiger charge is -1.99. The Balaban J connectivity index is 1.78. The summed E-state index contributed by atoms with van der Waals surface area (Å²) < 4.78 is 0. The van der Waals surface area contributed by atoms with Gasteiger partial charge in [-0.05, 0) is 26.3 Å². The van der Waals surface area contributed by atoms with Crippen LogP contribution in [0.25, 0.3) is 0 Å². The number of rotatable bonds is 3. The Hall–Kier alpha value is -1.31. The van der Waals surface area contributed by atoms with Crippen molar-refractivity contribution in [2.45, 2.75) is 32.2 Å². The van der Waals surface area contributed by atoms with Crippen LogP contribution in [0.2, 0.25) is 0 Å². The third-order valence-corrected chi connectivity index (χ3v) is 5.07. The summed E-state index contributed by atoms with van der Waals surface area (Å²) in [5.74, 6) is 0.319. The minimum Gasteiger partial charge on any atom is -0.327 e. The Labute approximate surface area is 118 Å². The van der Waals surface area contributed by atoms with Crippen LogP contribution >= 0.6 is 22.7 Å². The lowest BCUT2D eigenvalue weighted by atomic mass is 10.2. The van der Waals surface area contributed by atoms with Crippen molar-refractivity contribution in [3.8, 4) is 0 Å². The van der Waals surface area contributed by atoms with Crippen molar-refractivity contribution in [1.29, 1.82) is 0 Å². The maximum atomic E-state index is 12.2. The van der Waals surface area contributed by atoms with Crippen molar-refractivity contribution in [3.05, 3.63) is 26.4 Å². The first-order chi connectivity index (χ1) is 9.04. The molecule has 1 aliphatic carbocycles. The van der Waals surface area contributed by atoms with Gasteiger partial charge in [-0.15, -0.1) is 21.5 Å². The van der Waals surface area contributed by atoms with Crippen LogP contribution in [0.15, 0.2) is 6.07 Å². The molecule has 0 bridgehead atoms. The van der Waals surface area contributed by atoms with E-state index in [0.717, 1.165) is 16.3 Å². The third kappa shape index (κ3) is 2.54. The smallest absolute Gasteiger partial charge is 0.258 e. The number of amides is 1. The number of aromatic nitrogens is 2. The summed E-state index contributed by atoms with van der Waals surface area (Å²) in [5, 5.41) is 11.9. The molecule has 1 fully saturated rings. The summed E-state index contributed by atoms with van der Waals surface area (Å²) in [4.78, 5) is 14.4. The van der Waals surface area contributed by atoms with Crippen LogP contribution in [-0.4, -0.2) is 22.1 Å². The maximum Gasteiger partial charge on any atom is 0.258 e. The summed E-state index contributed by atoms with van der Waals surface area (Å²) in [6, 6.07) is 2.22. The average molecular weight is 294 g/mol. The van der Waals surface area contributed by atoms with Gasteiger partial charge in [0.2, 0.25) is 5.13 Å². The van der Waals surface area contributed by atoms with Crippen LogP contribution in [-0.2, 0) is 0 Å². The highest BCUT2D eigenvalue weighted by Gasteiger charge is 2.36. The SMILES string of the molecule is Cc1nnc(NC(=O)c2cc(C3CC3N)sc2C)s1. The van der Waals surface area contributed by atoms with E-state index in [9.17, 15) is 4.79 Å². The van der Waals surface area contributed by atoms with Crippen LogP contribution in [0.4, 0.5) is 5.13 Å². The van der Waals surface area contributed by atoms with Gasteiger partial charge in [-0.2, -0.15) is 0 Å². The Kier molecular flexibility index (Phi) is 3.12. The molecule has 1 saturated carbocycles. The second-order valence-electron chi connectivity index (χ2n) is 4.71. The van der Waals surface area contributed by atoms with Gasteiger partial charge >= 0.3 is 0 Å². The Morgan fingerprint density at radius 3 is 2.74 bits per heavy atom. The molecule has 2 heterocycles. The Bertz CT molecular complexity index is 633. The highest BCUT2D eigenvalue weighted by molar-refractivity contribution is 7.15. The van der Waals surface area contributed by atoms with Crippen molar-refractivity contribution in [1.82, 2.24) is 10.2 Å². The summed E-state index contributed by atoms with van der Waals surface area (Å²) in [5.41, 5.74) is 6.56. The summed E-state index contributed by atoms with van der Waals surface area (Å²) in [6.07, 6.45) is 1.02. The van der Waals surface area contributed by atoms with E-state index in [4.69, 9.17) is 5.73 Å². The molecule has 2 atom stereocenters. The van der Waals surface area contributed by atoms with Crippen LogP contribution < -0.4 is 11.1 Å². The van der Waals surface area contributed by atoms with Crippen LogP contribution in [0.1, 0.15) is 37.5 Å². The molecule has 0 saturated heterocycles. The fraction of sp³-hybridized carbons (Fsp3) is 0.417. The van der Waals surface area contributed by atoms with Gasteiger partial charge in [0, 0.05) is 21.7 Å². The van der Waals surface area contributed by atoms with Crippen molar-refractivity contribution >= 4 is 33.7 Å². The number of thiophene rings is 1. The van der Waals surface area contributed by atoms with E-state index in [1.54, 1.807) is 11.3 Å². The molecule has 1 amide bonds. The summed E-state index contributed by atoms with van der Waals surface area (Å²) >= 11 is 3.03. The molecule has 3 rings (SSSR count). The van der Waals surface area contributed by atoms with Gasteiger partial charge in [0.15, 0.2) is 0 Å². The standard InChI is InChI=1S/C12H14N4OS2/c1-5-7(4-10(18-5)8-3-9(8)13)11(17)14-12-16-15-6(2)19-12/h4,8-9H,3,13H2,1-2H3,(H,14,16,17). The molecule has 2 aromatic heterocycles. The zero-order valence-electron chi connectivity index (χ0n) is 10.6. The van der Waals surface area contributed by atoms with Gasteiger partial charge in [0.25, 0.3) is 5.91 Å². The number of carbonyl (C=O) groups excluding carboxylic acids is 1. The van der Waals surface area contributed by atoms with Crippen LogP contribution in [0.5, 0.6) is 0 Å². The lowest BCUT2D eigenvalue weighted by Crippen LogP contribution is -2.11. The molecule has 2 unspecified atom stereocenters. The Morgan fingerprint density at radius 2 is 2.16 bits per heavy atom. The number of hydrogen-bond donors (Lipinski definition) is 2. The number of hydrogen-bond acceptors (Lipinski definition) is 6. The van der Waals surface area contributed by atoms with Gasteiger partial charge < -0.3 is 5.73 Å². The first-order valence-electron chi connectivity index (χ1n) is 6.02. The first kappa shape index (κ1) is 12.7. The third-order valence-electron chi connectivity index (χ3n) is 3.13. The van der Waals surface area contributed by atoms with Crippen molar-refractivity contribution in [3.63, 3.8) is 0 Å². The number of anilines is 1. The number of carbonyl (C=O) groups is 1. The molecule has 1 aliphatic rings. The number of aryl methyl sites for hydroxylation is 2. The van der Waals surface area contributed by atoms with Crippen molar-refractivity contribution in [2.75, 3.05) is 5.32 Å².